The minimum absolute atomic E-state index is 0.467. The highest BCUT2D eigenvalue weighted by Crippen LogP contribution is 2.23. The van der Waals surface area contributed by atoms with Gasteiger partial charge in [0.15, 0.2) is 0 Å². The molecule has 0 amide bonds. The Kier molecular flexibility index (Phi) is 5.58. The number of halogens is 1. The zero-order chi connectivity index (χ0) is 15.2. The molecule has 0 fully saturated rings. The monoisotopic (exact) mass is 368 g/mol. The van der Waals surface area contributed by atoms with E-state index in [2.05, 4.69) is 45.3 Å². The van der Waals surface area contributed by atoms with Crippen molar-refractivity contribution >= 4 is 44.4 Å². The van der Waals surface area contributed by atoms with Crippen LogP contribution in [0.25, 0.3) is 0 Å². The van der Waals surface area contributed by atoms with Gasteiger partial charge in [0.2, 0.25) is 5.13 Å². The fourth-order valence-corrected chi connectivity index (χ4v) is 2.43. The molecule has 0 radical (unpaired) electrons. The summed E-state index contributed by atoms with van der Waals surface area (Å²) in [6.07, 6.45) is 1.71. The molecule has 0 aliphatic rings. The van der Waals surface area contributed by atoms with Gasteiger partial charge in [-0.25, -0.2) is 4.98 Å². The zero-order valence-electron chi connectivity index (χ0n) is 11.8. The van der Waals surface area contributed by atoms with Gasteiger partial charge in [-0.05, 0) is 24.1 Å². The van der Waals surface area contributed by atoms with Crippen molar-refractivity contribution in [3.05, 3.63) is 33.6 Å². The van der Waals surface area contributed by atoms with Gasteiger partial charge in [0.25, 0.3) is 0 Å². The van der Waals surface area contributed by atoms with E-state index in [4.69, 9.17) is 10.5 Å². The summed E-state index contributed by atoms with van der Waals surface area (Å²) >= 11 is 4.86. The number of thiazole rings is 1. The number of nitrogens with two attached hydrogens (primary N) is 1. The first kappa shape index (κ1) is 15.8. The Balaban J connectivity index is 2.08. The number of benzene rings is 1. The van der Waals surface area contributed by atoms with Crippen molar-refractivity contribution in [2.24, 2.45) is 11.0 Å². The maximum atomic E-state index is 5.79. The third-order valence-electron chi connectivity index (χ3n) is 2.43. The fraction of sp³-hybridized carbons (Fsp3) is 0.286. The van der Waals surface area contributed by atoms with Crippen LogP contribution in [0, 0.1) is 5.92 Å². The Morgan fingerprint density at radius 1 is 1.52 bits per heavy atom. The minimum Gasteiger partial charge on any atom is -0.493 e. The second-order valence-electron chi connectivity index (χ2n) is 4.83. The summed E-state index contributed by atoms with van der Waals surface area (Å²) in [5.41, 5.74) is 9.30. The summed E-state index contributed by atoms with van der Waals surface area (Å²) < 4.78 is 6.76. The van der Waals surface area contributed by atoms with Crippen molar-refractivity contribution in [1.29, 1.82) is 0 Å². The number of nitrogens with one attached hydrogen (secondary N) is 1. The van der Waals surface area contributed by atoms with Crippen LogP contribution in [-0.4, -0.2) is 17.8 Å². The number of aromatic nitrogens is 1. The third-order valence-corrected chi connectivity index (χ3v) is 3.69. The van der Waals surface area contributed by atoms with E-state index >= 15 is 0 Å². The normalized spacial score (nSPS) is 11.2. The largest absolute Gasteiger partial charge is 0.493 e. The predicted octanol–water partition coefficient (Wildman–Crippen LogP) is 3.97. The molecule has 1 heterocycles. The standard InChI is InChI=1S/C14H17BrN4OS/c1-9(2)7-20-12-4-3-11(15)5-10(12)6-17-19-14-18-13(16)8-21-14/h3-6,8-9H,7,16H2,1-2H3,(H,18,19). The molecule has 2 aromatic rings. The molecule has 0 saturated carbocycles. The first-order chi connectivity index (χ1) is 10.0. The van der Waals surface area contributed by atoms with Gasteiger partial charge < -0.3 is 10.5 Å². The predicted molar refractivity (Wildman–Crippen MR) is 92.2 cm³/mol. The van der Waals surface area contributed by atoms with E-state index in [9.17, 15) is 0 Å². The van der Waals surface area contributed by atoms with Crippen LogP contribution in [-0.2, 0) is 0 Å². The SMILES string of the molecule is CC(C)COc1ccc(Br)cc1C=NNc1nc(N)cs1. The summed E-state index contributed by atoms with van der Waals surface area (Å²) in [6.45, 7) is 4.89. The summed E-state index contributed by atoms with van der Waals surface area (Å²) in [4.78, 5) is 4.07. The molecule has 7 heteroatoms. The van der Waals surface area contributed by atoms with Crippen LogP contribution < -0.4 is 15.9 Å². The third kappa shape index (κ3) is 5.02. The number of hydrazone groups is 1. The van der Waals surface area contributed by atoms with Crippen LogP contribution >= 0.6 is 27.3 Å². The second-order valence-corrected chi connectivity index (χ2v) is 6.61. The van der Waals surface area contributed by atoms with Crippen LogP contribution in [0.3, 0.4) is 0 Å². The van der Waals surface area contributed by atoms with E-state index in [1.54, 1.807) is 11.6 Å². The van der Waals surface area contributed by atoms with Crippen LogP contribution in [0.5, 0.6) is 5.75 Å². The molecule has 1 aromatic carbocycles. The molecule has 0 aliphatic carbocycles. The molecule has 0 saturated heterocycles. The van der Waals surface area contributed by atoms with E-state index in [0.29, 0.717) is 23.5 Å². The van der Waals surface area contributed by atoms with E-state index in [1.807, 2.05) is 18.2 Å². The van der Waals surface area contributed by atoms with Crippen molar-refractivity contribution < 1.29 is 4.74 Å². The van der Waals surface area contributed by atoms with Crippen molar-refractivity contribution in [3.63, 3.8) is 0 Å². The van der Waals surface area contributed by atoms with Gasteiger partial charge >= 0.3 is 0 Å². The highest BCUT2D eigenvalue weighted by molar-refractivity contribution is 9.10. The number of rotatable bonds is 6. The lowest BCUT2D eigenvalue weighted by atomic mass is 10.2. The quantitative estimate of drug-likeness (QED) is 0.597. The Hall–Kier alpha value is -1.60. The Labute approximate surface area is 136 Å². The number of nitrogens with zero attached hydrogens (tertiary/aromatic N) is 2. The van der Waals surface area contributed by atoms with Crippen molar-refractivity contribution in [2.45, 2.75) is 13.8 Å². The minimum atomic E-state index is 0.467. The molecular formula is C14H17BrN4OS. The van der Waals surface area contributed by atoms with Gasteiger partial charge in [0, 0.05) is 15.4 Å². The summed E-state index contributed by atoms with van der Waals surface area (Å²) in [7, 11) is 0. The number of hydrogen-bond donors (Lipinski definition) is 2. The van der Waals surface area contributed by atoms with Gasteiger partial charge in [-0.3, -0.25) is 5.43 Å². The van der Waals surface area contributed by atoms with Gasteiger partial charge in [0.05, 0.1) is 12.8 Å². The fourth-order valence-electron chi connectivity index (χ4n) is 1.50. The number of hydrogen-bond acceptors (Lipinski definition) is 6. The average molecular weight is 369 g/mol. The first-order valence-electron chi connectivity index (χ1n) is 6.47. The van der Waals surface area contributed by atoms with E-state index in [0.717, 1.165) is 15.8 Å². The highest BCUT2D eigenvalue weighted by atomic mass is 79.9. The molecule has 0 bridgehead atoms. The molecule has 2 rings (SSSR count). The van der Waals surface area contributed by atoms with Crippen molar-refractivity contribution in [1.82, 2.24) is 4.98 Å². The van der Waals surface area contributed by atoms with Gasteiger partial charge in [-0.1, -0.05) is 29.8 Å². The van der Waals surface area contributed by atoms with Crippen molar-refractivity contribution in [2.75, 3.05) is 17.8 Å². The zero-order valence-corrected chi connectivity index (χ0v) is 14.2. The molecule has 3 N–H and O–H groups in total. The van der Waals surface area contributed by atoms with Gasteiger partial charge in [0.1, 0.15) is 11.6 Å². The average Bonchev–Trinajstić information content (AvgIpc) is 2.83. The number of nitrogen functional groups attached to an aromatic ring is 1. The second kappa shape index (κ2) is 7.42. The van der Waals surface area contributed by atoms with Gasteiger partial charge in [-0.15, -0.1) is 11.3 Å². The first-order valence-corrected chi connectivity index (χ1v) is 8.14. The maximum Gasteiger partial charge on any atom is 0.205 e. The maximum absolute atomic E-state index is 5.79. The van der Waals surface area contributed by atoms with Crippen LogP contribution in [0.15, 0.2) is 33.2 Å². The van der Waals surface area contributed by atoms with Crippen LogP contribution in [0.1, 0.15) is 19.4 Å². The Bertz CT molecular complexity index is 627. The number of ether oxygens (including phenoxy) is 1. The molecule has 112 valence electrons. The van der Waals surface area contributed by atoms with Crippen LogP contribution in [0.2, 0.25) is 0 Å². The summed E-state index contributed by atoms with van der Waals surface area (Å²) in [6, 6.07) is 5.83. The molecule has 0 unspecified atom stereocenters. The lowest BCUT2D eigenvalue weighted by molar-refractivity contribution is 0.270. The van der Waals surface area contributed by atoms with Crippen molar-refractivity contribution in [3.8, 4) is 5.75 Å². The molecule has 0 atom stereocenters. The lowest BCUT2D eigenvalue weighted by Gasteiger charge is -2.11. The molecule has 1 aromatic heterocycles. The topological polar surface area (TPSA) is 72.5 Å². The number of anilines is 2. The molecule has 0 spiro atoms. The van der Waals surface area contributed by atoms with Gasteiger partial charge in [-0.2, -0.15) is 5.10 Å². The Morgan fingerprint density at radius 2 is 2.33 bits per heavy atom. The molecule has 0 aliphatic heterocycles. The smallest absolute Gasteiger partial charge is 0.205 e. The Morgan fingerprint density at radius 3 is 3.00 bits per heavy atom. The molecular weight excluding hydrogens is 352 g/mol. The molecule has 5 nitrogen and oxygen atoms in total. The van der Waals surface area contributed by atoms with E-state index in [1.165, 1.54) is 11.3 Å². The highest BCUT2D eigenvalue weighted by Gasteiger charge is 2.04. The van der Waals surface area contributed by atoms with E-state index in [-0.39, 0.29) is 0 Å². The van der Waals surface area contributed by atoms with E-state index < -0.39 is 0 Å². The van der Waals surface area contributed by atoms with Crippen LogP contribution in [0.4, 0.5) is 10.9 Å². The lowest BCUT2D eigenvalue weighted by Crippen LogP contribution is -2.06. The summed E-state index contributed by atoms with van der Waals surface area (Å²) in [5.74, 6) is 1.76. The summed E-state index contributed by atoms with van der Waals surface area (Å²) in [5, 5.41) is 6.58. The molecule has 21 heavy (non-hydrogen) atoms.